The summed E-state index contributed by atoms with van der Waals surface area (Å²) in [4.78, 5) is 28.8. The number of alkyl halides is 2. The SMILES string of the molecule is Cc1nn(C)c(C(=O)Nc2c(C(N)=O)sc3nc(C(F)F)cc(C)c23)c1Br. The first-order chi connectivity index (χ1) is 12.6. The number of amides is 2. The maximum Gasteiger partial charge on any atom is 0.280 e. The van der Waals surface area contributed by atoms with Gasteiger partial charge in [0.05, 0.1) is 15.9 Å². The standard InChI is InChI=1S/C16H14BrF2N5O2S/c1-5-4-7(13(18)19)21-16-8(5)10(12(27-16)14(20)25)22-15(26)11-9(17)6(2)23-24(11)3/h4,13H,1-3H3,(H2,20,25)(H,22,26). The number of carbonyl (C=O) groups excluding carboxylic acids is 2. The molecule has 0 aliphatic carbocycles. The Labute approximate surface area is 164 Å². The number of hydrogen-bond donors (Lipinski definition) is 2. The van der Waals surface area contributed by atoms with Crippen LogP contribution in [0.25, 0.3) is 10.2 Å². The zero-order valence-corrected chi connectivity index (χ0v) is 16.8. The smallest absolute Gasteiger partial charge is 0.280 e. The van der Waals surface area contributed by atoms with Crippen LogP contribution in [0.15, 0.2) is 10.5 Å². The van der Waals surface area contributed by atoms with Crippen LogP contribution in [0.5, 0.6) is 0 Å². The van der Waals surface area contributed by atoms with Crippen molar-refractivity contribution in [3.8, 4) is 0 Å². The maximum absolute atomic E-state index is 13.0. The Morgan fingerprint density at radius 1 is 1.37 bits per heavy atom. The van der Waals surface area contributed by atoms with Crippen LogP contribution in [0.1, 0.15) is 43.5 Å². The van der Waals surface area contributed by atoms with E-state index < -0.39 is 23.9 Å². The van der Waals surface area contributed by atoms with Gasteiger partial charge >= 0.3 is 0 Å². The summed E-state index contributed by atoms with van der Waals surface area (Å²) in [6, 6.07) is 1.23. The molecule has 3 N–H and O–H groups in total. The molecular weight excluding hydrogens is 444 g/mol. The number of primary amides is 1. The van der Waals surface area contributed by atoms with Gasteiger partial charge in [-0.2, -0.15) is 5.10 Å². The summed E-state index contributed by atoms with van der Waals surface area (Å²) in [5.74, 6) is -1.31. The number of fused-ring (bicyclic) bond motifs is 1. The first kappa shape index (κ1) is 19.4. The molecule has 0 aliphatic rings. The molecule has 27 heavy (non-hydrogen) atoms. The van der Waals surface area contributed by atoms with E-state index in [0.29, 0.717) is 21.1 Å². The van der Waals surface area contributed by atoms with Gasteiger partial charge in [0.2, 0.25) is 0 Å². The fraction of sp³-hybridized carbons (Fsp3) is 0.250. The van der Waals surface area contributed by atoms with E-state index >= 15 is 0 Å². The van der Waals surface area contributed by atoms with Gasteiger partial charge in [-0.05, 0) is 41.4 Å². The minimum atomic E-state index is -2.75. The molecule has 0 bridgehead atoms. The highest BCUT2D eigenvalue weighted by atomic mass is 79.9. The molecule has 3 aromatic rings. The molecule has 142 valence electrons. The molecular formula is C16H14BrF2N5O2S. The third-order valence-corrected chi connectivity index (χ3v) is 5.98. The van der Waals surface area contributed by atoms with Gasteiger partial charge in [-0.15, -0.1) is 11.3 Å². The molecule has 0 atom stereocenters. The highest BCUT2D eigenvalue weighted by Gasteiger charge is 2.25. The fourth-order valence-electron chi connectivity index (χ4n) is 2.76. The largest absolute Gasteiger partial charge is 0.365 e. The summed E-state index contributed by atoms with van der Waals surface area (Å²) in [6.45, 7) is 3.34. The monoisotopic (exact) mass is 457 g/mol. The molecule has 0 aliphatic heterocycles. The van der Waals surface area contributed by atoms with Crippen LogP contribution in [-0.4, -0.2) is 26.6 Å². The van der Waals surface area contributed by atoms with Crippen molar-refractivity contribution in [2.75, 3.05) is 5.32 Å². The van der Waals surface area contributed by atoms with E-state index in [2.05, 4.69) is 31.3 Å². The topological polar surface area (TPSA) is 103 Å². The number of carbonyl (C=O) groups is 2. The molecule has 0 fully saturated rings. The van der Waals surface area contributed by atoms with Crippen molar-refractivity contribution in [1.82, 2.24) is 14.8 Å². The third kappa shape index (κ3) is 3.32. The molecule has 0 saturated carbocycles. The number of nitrogens with zero attached hydrogens (tertiary/aromatic N) is 3. The van der Waals surface area contributed by atoms with E-state index in [0.717, 1.165) is 11.3 Å². The van der Waals surface area contributed by atoms with E-state index in [1.807, 2.05) is 0 Å². The second-order valence-electron chi connectivity index (χ2n) is 5.84. The zero-order chi connectivity index (χ0) is 20.0. The quantitative estimate of drug-likeness (QED) is 0.623. The molecule has 2 amide bonds. The van der Waals surface area contributed by atoms with Crippen LogP contribution in [0.4, 0.5) is 14.5 Å². The predicted octanol–water partition coefficient (Wildman–Crippen LogP) is 3.70. The average Bonchev–Trinajstić information content (AvgIpc) is 3.05. The Hall–Kier alpha value is -2.40. The molecule has 0 aromatic carbocycles. The second kappa shape index (κ2) is 6.97. The summed E-state index contributed by atoms with van der Waals surface area (Å²) >= 11 is 4.17. The Morgan fingerprint density at radius 3 is 2.56 bits per heavy atom. The van der Waals surface area contributed by atoms with Crippen molar-refractivity contribution >= 4 is 55.0 Å². The van der Waals surface area contributed by atoms with E-state index in [9.17, 15) is 18.4 Å². The van der Waals surface area contributed by atoms with Crippen molar-refractivity contribution in [2.45, 2.75) is 20.3 Å². The van der Waals surface area contributed by atoms with Crippen LogP contribution in [0, 0.1) is 13.8 Å². The van der Waals surface area contributed by atoms with Crippen molar-refractivity contribution in [1.29, 1.82) is 0 Å². The van der Waals surface area contributed by atoms with E-state index in [1.165, 1.54) is 10.7 Å². The summed E-state index contributed by atoms with van der Waals surface area (Å²) < 4.78 is 28.0. The van der Waals surface area contributed by atoms with Gasteiger partial charge in [0, 0.05) is 12.4 Å². The van der Waals surface area contributed by atoms with E-state index in [-0.39, 0.29) is 21.1 Å². The van der Waals surface area contributed by atoms with Crippen molar-refractivity contribution in [3.63, 3.8) is 0 Å². The Morgan fingerprint density at radius 2 is 2.04 bits per heavy atom. The highest BCUT2D eigenvalue weighted by Crippen LogP contribution is 2.38. The number of hydrogen-bond acceptors (Lipinski definition) is 5. The number of nitrogens with two attached hydrogens (primary N) is 1. The number of aryl methyl sites for hydroxylation is 3. The minimum absolute atomic E-state index is 0.0374. The summed E-state index contributed by atoms with van der Waals surface area (Å²) in [7, 11) is 1.61. The molecule has 0 unspecified atom stereocenters. The minimum Gasteiger partial charge on any atom is -0.365 e. The average molecular weight is 458 g/mol. The Bertz CT molecular complexity index is 1090. The second-order valence-corrected chi connectivity index (χ2v) is 7.63. The number of aromatic nitrogens is 3. The Kier molecular flexibility index (Phi) is 5.00. The first-order valence-corrected chi connectivity index (χ1v) is 9.25. The van der Waals surface area contributed by atoms with Gasteiger partial charge in [-0.25, -0.2) is 13.8 Å². The van der Waals surface area contributed by atoms with Crippen LogP contribution in [0.3, 0.4) is 0 Å². The van der Waals surface area contributed by atoms with Crippen LogP contribution in [-0.2, 0) is 7.05 Å². The molecule has 0 radical (unpaired) electrons. The number of pyridine rings is 1. The number of anilines is 1. The Balaban J connectivity index is 2.16. The number of nitrogens with one attached hydrogen (secondary N) is 1. The number of rotatable bonds is 4. The molecule has 11 heteroatoms. The van der Waals surface area contributed by atoms with E-state index in [4.69, 9.17) is 5.73 Å². The number of thiophene rings is 1. The normalized spacial score (nSPS) is 11.4. The van der Waals surface area contributed by atoms with Gasteiger partial charge in [0.25, 0.3) is 18.2 Å². The van der Waals surface area contributed by atoms with Crippen molar-refractivity contribution < 1.29 is 18.4 Å². The molecule has 3 rings (SSSR count). The van der Waals surface area contributed by atoms with Crippen molar-refractivity contribution in [2.24, 2.45) is 12.8 Å². The van der Waals surface area contributed by atoms with Gasteiger partial charge < -0.3 is 11.1 Å². The van der Waals surface area contributed by atoms with Crippen LogP contribution in [0.2, 0.25) is 0 Å². The maximum atomic E-state index is 13.0. The fourth-order valence-corrected chi connectivity index (χ4v) is 4.34. The first-order valence-electron chi connectivity index (χ1n) is 7.64. The predicted molar refractivity (Wildman–Crippen MR) is 101 cm³/mol. The third-order valence-electron chi connectivity index (χ3n) is 3.93. The lowest BCUT2D eigenvalue weighted by molar-refractivity contribution is 0.100. The zero-order valence-electron chi connectivity index (χ0n) is 14.4. The summed E-state index contributed by atoms with van der Waals surface area (Å²) in [6.07, 6.45) is -2.75. The molecule has 7 nitrogen and oxygen atoms in total. The molecule has 0 spiro atoms. The number of halogens is 3. The highest BCUT2D eigenvalue weighted by molar-refractivity contribution is 9.10. The summed E-state index contributed by atoms with van der Waals surface area (Å²) in [5.41, 5.74) is 6.49. The molecule has 0 saturated heterocycles. The van der Waals surface area contributed by atoms with Crippen LogP contribution >= 0.6 is 27.3 Å². The van der Waals surface area contributed by atoms with Gasteiger partial charge in [0.1, 0.15) is 21.1 Å². The van der Waals surface area contributed by atoms with Crippen LogP contribution < -0.4 is 11.1 Å². The lowest BCUT2D eigenvalue weighted by Gasteiger charge is -2.09. The van der Waals surface area contributed by atoms with E-state index in [1.54, 1.807) is 20.9 Å². The summed E-state index contributed by atoms with van der Waals surface area (Å²) in [5, 5.41) is 7.23. The van der Waals surface area contributed by atoms with Gasteiger partial charge in [0.15, 0.2) is 0 Å². The molecule has 3 heterocycles. The lowest BCUT2D eigenvalue weighted by atomic mass is 10.1. The lowest BCUT2D eigenvalue weighted by Crippen LogP contribution is -2.19. The van der Waals surface area contributed by atoms with Crippen molar-refractivity contribution in [3.05, 3.63) is 38.1 Å². The molecule has 3 aromatic heterocycles. The van der Waals surface area contributed by atoms with Gasteiger partial charge in [-0.3, -0.25) is 14.3 Å². The van der Waals surface area contributed by atoms with Gasteiger partial charge in [-0.1, -0.05) is 0 Å².